The smallest absolute Gasteiger partial charge is 0.349 e. The van der Waals surface area contributed by atoms with Gasteiger partial charge in [0.05, 0.1) is 12.0 Å². The van der Waals surface area contributed by atoms with Gasteiger partial charge in [-0.1, -0.05) is 55.5 Å². The zero-order chi connectivity index (χ0) is 24.8. The van der Waals surface area contributed by atoms with Crippen molar-refractivity contribution in [2.45, 2.75) is 39.2 Å². The maximum Gasteiger partial charge on any atom is 0.349 e. The number of aromatic amines is 1. The SMILES string of the molecule is CC(N)C(=O)NNC(=O)N(C(=O)C(C)Cc1ccccc1)C(=O)C(C)c1c[nH]c2ccccc12. The fourth-order valence-electron chi connectivity index (χ4n) is 3.65. The van der Waals surface area contributed by atoms with Crippen molar-refractivity contribution in [3.8, 4) is 0 Å². The highest BCUT2D eigenvalue weighted by Gasteiger charge is 2.36. The first-order valence-corrected chi connectivity index (χ1v) is 11.0. The first-order valence-electron chi connectivity index (χ1n) is 11.0. The van der Waals surface area contributed by atoms with E-state index in [9.17, 15) is 19.2 Å². The fraction of sp³-hybridized carbons (Fsp3) is 0.280. The number of imide groups is 3. The van der Waals surface area contributed by atoms with Gasteiger partial charge >= 0.3 is 6.03 Å². The number of hydrazine groups is 1. The number of carbonyl (C=O) groups excluding carboxylic acids is 4. The minimum Gasteiger partial charge on any atom is -0.361 e. The van der Waals surface area contributed by atoms with Gasteiger partial charge in [-0.2, -0.15) is 4.90 Å². The van der Waals surface area contributed by atoms with Gasteiger partial charge < -0.3 is 10.7 Å². The lowest BCUT2D eigenvalue weighted by Crippen LogP contribution is -2.56. The molecule has 0 aliphatic rings. The number of fused-ring (bicyclic) bond motifs is 1. The number of benzene rings is 2. The van der Waals surface area contributed by atoms with Crippen molar-refractivity contribution >= 4 is 34.7 Å². The average Bonchev–Trinajstić information content (AvgIpc) is 3.26. The van der Waals surface area contributed by atoms with Gasteiger partial charge in [0.1, 0.15) is 0 Å². The quantitative estimate of drug-likeness (QED) is 0.417. The van der Waals surface area contributed by atoms with Gasteiger partial charge in [0, 0.05) is 23.0 Å². The summed E-state index contributed by atoms with van der Waals surface area (Å²) in [6.45, 7) is 4.73. The number of nitrogens with zero attached hydrogens (tertiary/aromatic N) is 1. The van der Waals surface area contributed by atoms with Crippen molar-refractivity contribution in [1.82, 2.24) is 20.7 Å². The molecule has 5 amide bonds. The van der Waals surface area contributed by atoms with E-state index in [0.29, 0.717) is 16.9 Å². The van der Waals surface area contributed by atoms with Gasteiger partial charge in [-0.15, -0.1) is 0 Å². The Morgan fingerprint density at radius 3 is 2.24 bits per heavy atom. The molecular formula is C25H29N5O4. The molecule has 5 N–H and O–H groups in total. The lowest BCUT2D eigenvalue weighted by molar-refractivity contribution is -0.144. The van der Waals surface area contributed by atoms with E-state index < -0.39 is 41.6 Å². The first-order chi connectivity index (χ1) is 16.2. The van der Waals surface area contributed by atoms with Crippen LogP contribution in [0.1, 0.15) is 37.8 Å². The number of hydrogen-bond acceptors (Lipinski definition) is 5. The number of rotatable bonds is 6. The van der Waals surface area contributed by atoms with Gasteiger partial charge in [-0.25, -0.2) is 10.2 Å². The standard InChI is InChI=1S/C25H29N5O4/c1-15(13-18-9-5-4-6-10-18)23(32)30(25(34)29-28-22(31)17(3)26)24(33)16(2)20-14-27-21-12-8-7-11-19(20)21/h4-12,14-17,27H,13,26H2,1-3H3,(H,28,31)(H,29,34). The van der Waals surface area contributed by atoms with Crippen LogP contribution in [0.15, 0.2) is 60.8 Å². The summed E-state index contributed by atoms with van der Waals surface area (Å²) in [7, 11) is 0. The molecule has 0 spiro atoms. The Morgan fingerprint density at radius 1 is 0.912 bits per heavy atom. The molecule has 178 valence electrons. The number of nitrogens with one attached hydrogen (secondary N) is 3. The van der Waals surface area contributed by atoms with Gasteiger partial charge in [-0.3, -0.25) is 19.8 Å². The summed E-state index contributed by atoms with van der Waals surface area (Å²) in [5, 5.41) is 0.818. The average molecular weight is 464 g/mol. The van der Waals surface area contributed by atoms with Crippen LogP contribution in [0.4, 0.5) is 4.79 Å². The summed E-state index contributed by atoms with van der Waals surface area (Å²) in [5.41, 5.74) is 12.2. The van der Waals surface area contributed by atoms with E-state index in [1.165, 1.54) is 6.92 Å². The molecule has 1 aromatic heterocycles. The topological polar surface area (TPSA) is 137 Å². The number of H-pyrrole nitrogens is 1. The Labute approximate surface area is 197 Å². The summed E-state index contributed by atoms with van der Waals surface area (Å²) in [4.78, 5) is 55.3. The van der Waals surface area contributed by atoms with Crippen LogP contribution in [-0.4, -0.2) is 39.7 Å². The summed E-state index contributed by atoms with van der Waals surface area (Å²) >= 11 is 0. The Bertz CT molecular complexity index is 1190. The molecule has 0 saturated heterocycles. The van der Waals surface area contributed by atoms with Gasteiger partial charge in [0.2, 0.25) is 11.8 Å². The van der Waals surface area contributed by atoms with E-state index in [-0.39, 0.29) is 0 Å². The Hall–Kier alpha value is -3.98. The second-order valence-corrected chi connectivity index (χ2v) is 8.32. The van der Waals surface area contributed by atoms with Crippen molar-refractivity contribution in [2.75, 3.05) is 0 Å². The molecule has 2 aromatic carbocycles. The minimum atomic E-state index is -1.05. The molecule has 0 fully saturated rings. The molecule has 9 heteroatoms. The Kier molecular flexibility index (Phi) is 7.80. The monoisotopic (exact) mass is 463 g/mol. The molecule has 1 heterocycles. The number of urea groups is 1. The molecule has 3 unspecified atom stereocenters. The molecule has 0 aliphatic carbocycles. The maximum absolute atomic E-state index is 13.5. The summed E-state index contributed by atoms with van der Waals surface area (Å²) in [5.74, 6) is -3.51. The van der Waals surface area contributed by atoms with Crippen molar-refractivity contribution in [3.63, 3.8) is 0 Å². The molecule has 9 nitrogen and oxygen atoms in total. The number of carbonyl (C=O) groups is 4. The van der Waals surface area contributed by atoms with Crippen LogP contribution in [0.5, 0.6) is 0 Å². The lowest BCUT2D eigenvalue weighted by Gasteiger charge is -2.25. The van der Waals surface area contributed by atoms with Crippen LogP contribution in [-0.2, 0) is 20.8 Å². The van der Waals surface area contributed by atoms with Crippen LogP contribution < -0.4 is 16.6 Å². The highest BCUT2D eigenvalue weighted by Crippen LogP contribution is 2.27. The van der Waals surface area contributed by atoms with Crippen LogP contribution in [0.25, 0.3) is 10.9 Å². The molecule has 34 heavy (non-hydrogen) atoms. The normalized spacial score (nSPS) is 13.5. The van der Waals surface area contributed by atoms with Crippen molar-refractivity contribution in [2.24, 2.45) is 11.7 Å². The lowest BCUT2D eigenvalue weighted by atomic mass is 9.96. The van der Waals surface area contributed by atoms with Crippen LogP contribution in [0.3, 0.4) is 0 Å². The maximum atomic E-state index is 13.5. The number of hydrogen-bond donors (Lipinski definition) is 4. The number of nitrogens with two attached hydrogens (primary N) is 1. The van der Waals surface area contributed by atoms with Crippen molar-refractivity contribution < 1.29 is 19.2 Å². The van der Waals surface area contributed by atoms with E-state index >= 15 is 0 Å². The minimum absolute atomic E-state index is 0.338. The predicted molar refractivity (Wildman–Crippen MR) is 128 cm³/mol. The van der Waals surface area contributed by atoms with E-state index in [2.05, 4.69) is 15.8 Å². The molecule has 3 aromatic rings. The largest absolute Gasteiger partial charge is 0.361 e. The molecule has 0 bridgehead atoms. The Balaban J connectivity index is 1.87. The van der Waals surface area contributed by atoms with Gasteiger partial charge in [0.25, 0.3) is 5.91 Å². The third-order valence-corrected chi connectivity index (χ3v) is 5.61. The first kappa shape index (κ1) is 24.7. The number of para-hydroxylation sites is 1. The Morgan fingerprint density at radius 2 is 1.56 bits per heavy atom. The zero-order valence-electron chi connectivity index (χ0n) is 19.4. The summed E-state index contributed by atoms with van der Waals surface area (Å²) < 4.78 is 0. The van der Waals surface area contributed by atoms with Crippen molar-refractivity contribution in [3.05, 3.63) is 71.9 Å². The van der Waals surface area contributed by atoms with Crippen LogP contribution in [0, 0.1) is 5.92 Å². The summed E-state index contributed by atoms with van der Waals surface area (Å²) in [6, 6.07) is 14.8. The molecule has 0 aliphatic heterocycles. The molecular weight excluding hydrogens is 434 g/mol. The van der Waals surface area contributed by atoms with E-state index in [1.54, 1.807) is 20.0 Å². The second kappa shape index (κ2) is 10.8. The van der Waals surface area contributed by atoms with E-state index in [1.807, 2.05) is 54.6 Å². The fourth-order valence-corrected chi connectivity index (χ4v) is 3.65. The number of aromatic nitrogens is 1. The zero-order valence-corrected chi connectivity index (χ0v) is 19.4. The third kappa shape index (κ3) is 5.49. The second-order valence-electron chi connectivity index (χ2n) is 8.32. The molecule has 0 radical (unpaired) electrons. The molecule has 3 atom stereocenters. The molecule has 3 rings (SSSR count). The highest BCUT2D eigenvalue weighted by atomic mass is 16.2. The predicted octanol–water partition coefficient (Wildman–Crippen LogP) is 2.59. The van der Waals surface area contributed by atoms with Crippen LogP contribution >= 0.6 is 0 Å². The molecule has 0 saturated carbocycles. The number of amides is 5. The third-order valence-electron chi connectivity index (χ3n) is 5.61. The van der Waals surface area contributed by atoms with E-state index in [0.717, 1.165) is 16.5 Å². The van der Waals surface area contributed by atoms with E-state index in [4.69, 9.17) is 5.73 Å². The van der Waals surface area contributed by atoms with Crippen LogP contribution in [0.2, 0.25) is 0 Å². The summed E-state index contributed by atoms with van der Waals surface area (Å²) in [6.07, 6.45) is 2.03. The highest BCUT2D eigenvalue weighted by molar-refractivity contribution is 6.13. The van der Waals surface area contributed by atoms with Gasteiger partial charge in [0.15, 0.2) is 0 Å². The van der Waals surface area contributed by atoms with Gasteiger partial charge in [-0.05, 0) is 37.5 Å². The van der Waals surface area contributed by atoms with Crippen molar-refractivity contribution in [1.29, 1.82) is 0 Å².